The lowest BCUT2D eigenvalue weighted by molar-refractivity contribution is -0.122. The van der Waals surface area contributed by atoms with Gasteiger partial charge in [-0.2, -0.15) is 0 Å². The van der Waals surface area contributed by atoms with Crippen molar-refractivity contribution in [3.63, 3.8) is 0 Å². The van der Waals surface area contributed by atoms with Gasteiger partial charge in [0.25, 0.3) is 0 Å². The Kier molecular flexibility index (Phi) is 5.13. The largest absolute Gasteiger partial charge is 0.368 e. The van der Waals surface area contributed by atoms with Crippen molar-refractivity contribution in [2.45, 2.75) is 59.0 Å². The van der Waals surface area contributed by atoms with Crippen molar-refractivity contribution in [3.05, 3.63) is 34.7 Å². The summed E-state index contributed by atoms with van der Waals surface area (Å²) in [5.41, 5.74) is 5.77. The number of para-hydroxylation sites is 2. The quantitative estimate of drug-likeness (QED) is 0.843. The normalized spacial score (nSPS) is 16.1. The van der Waals surface area contributed by atoms with Gasteiger partial charge in [-0.15, -0.1) is 0 Å². The maximum Gasteiger partial charge on any atom is 0.337 e. The molecule has 1 aromatic heterocycles. The molecule has 1 atom stereocenters. The van der Waals surface area contributed by atoms with E-state index in [4.69, 9.17) is 5.73 Å². The van der Waals surface area contributed by atoms with Gasteiger partial charge in [0.15, 0.2) is 0 Å². The van der Waals surface area contributed by atoms with Crippen LogP contribution in [0.2, 0.25) is 0 Å². The molecule has 2 amide bonds. The maximum absolute atomic E-state index is 13.0. The molecule has 0 radical (unpaired) electrons. The van der Waals surface area contributed by atoms with Crippen molar-refractivity contribution in [2.75, 3.05) is 0 Å². The molecule has 0 bridgehead atoms. The Morgan fingerprint density at radius 2 is 1.85 bits per heavy atom. The van der Waals surface area contributed by atoms with E-state index < -0.39 is 23.4 Å². The van der Waals surface area contributed by atoms with Gasteiger partial charge in [0.05, 0.1) is 11.0 Å². The van der Waals surface area contributed by atoms with E-state index in [1.807, 2.05) is 32.9 Å². The van der Waals surface area contributed by atoms with E-state index in [0.717, 1.165) is 16.5 Å². The number of carbonyl (C=O) groups is 2. The Labute approximate surface area is 158 Å². The number of fused-ring (bicyclic) bond motifs is 1. The van der Waals surface area contributed by atoms with Crippen LogP contribution in [0.3, 0.4) is 0 Å². The molecule has 0 unspecified atom stereocenters. The number of carbonyl (C=O) groups excluding carboxylic acids is 2. The van der Waals surface area contributed by atoms with Crippen LogP contribution >= 0.6 is 0 Å². The zero-order valence-electron chi connectivity index (χ0n) is 16.2. The number of nitrogens with one attached hydrogen (secondary N) is 1. The lowest BCUT2D eigenvalue weighted by Crippen LogP contribution is -2.54. The molecule has 146 valence electrons. The average molecular weight is 372 g/mol. The van der Waals surface area contributed by atoms with Crippen LogP contribution in [0.15, 0.2) is 29.1 Å². The predicted octanol–water partition coefficient (Wildman–Crippen LogP) is 2.45. The molecule has 2 aromatic rings. The minimum Gasteiger partial charge on any atom is -0.368 e. The number of rotatable bonds is 5. The number of hydrogen-bond acceptors (Lipinski definition) is 3. The third kappa shape index (κ3) is 3.77. The molecule has 7 heteroatoms. The number of aromatic nitrogens is 2. The SMILES string of the molecule is CC(C)(C)[C@H](NC(=O)n1c(=O)n(CCC2CCC2)c2ccccc21)C(N)=O. The van der Waals surface area contributed by atoms with Crippen molar-refractivity contribution in [2.24, 2.45) is 17.1 Å². The van der Waals surface area contributed by atoms with Gasteiger partial charge in [0.1, 0.15) is 6.04 Å². The maximum atomic E-state index is 13.0. The van der Waals surface area contributed by atoms with Crippen LogP contribution in [0.25, 0.3) is 11.0 Å². The summed E-state index contributed by atoms with van der Waals surface area (Å²) in [6, 6.07) is 5.72. The molecule has 0 saturated heterocycles. The summed E-state index contributed by atoms with van der Waals surface area (Å²) < 4.78 is 2.77. The molecule has 1 aliphatic carbocycles. The van der Waals surface area contributed by atoms with E-state index in [-0.39, 0.29) is 5.69 Å². The number of aryl methyl sites for hydroxylation is 1. The fourth-order valence-corrected chi connectivity index (χ4v) is 3.62. The zero-order chi connectivity index (χ0) is 19.8. The van der Waals surface area contributed by atoms with Crippen LogP contribution in [-0.4, -0.2) is 27.1 Å². The first kappa shape index (κ1) is 19.2. The smallest absolute Gasteiger partial charge is 0.337 e. The van der Waals surface area contributed by atoms with E-state index in [0.29, 0.717) is 18.0 Å². The number of nitrogens with two attached hydrogens (primary N) is 1. The first-order valence-corrected chi connectivity index (χ1v) is 9.50. The second-order valence-electron chi connectivity index (χ2n) is 8.49. The minimum absolute atomic E-state index is 0.384. The third-order valence-corrected chi connectivity index (χ3v) is 5.44. The van der Waals surface area contributed by atoms with Crippen LogP contribution in [0.5, 0.6) is 0 Å². The summed E-state index contributed by atoms with van der Waals surface area (Å²) in [6.07, 6.45) is 4.60. The van der Waals surface area contributed by atoms with Crippen molar-refractivity contribution >= 4 is 23.0 Å². The van der Waals surface area contributed by atoms with Crippen LogP contribution in [0.1, 0.15) is 46.5 Å². The number of hydrogen-bond donors (Lipinski definition) is 2. The Hall–Kier alpha value is -2.57. The van der Waals surface area contributed by atoms with Gasteiger partial charge in [-0.05, 0) is 29.9 Å². The molecule has 27 heavy (non-hydrogen) atoms. The summed E-state index contributed by atoms with van der Waals surface area (Å²) in [7, 11) is 0. The third-order valence-electron chi connectivity index (χ3n) is 5.44. The Balaban J connectivity index is 1.95. The first-order valence-electron chi connectivity index (χ1n) is 9.50. The van der Waals surface area contributed by atoms with Crippen molar-refractivity contribution in [3.8, 4) is 0 Å². The molecular weight excluding hydrogens is 344 g/mol. The molecule has 1 fully saturated rings. The number of primary amides is 1. The molecular formula is C20H28N4O3. The second kappa shape index (κ2) is 7.21. The van der Waals surface area contributed by atoms with Gasteiger partial charge in [-0.25, -0.2) is 14.2 Å². The topological polar surface area (TPSA) is 99.1 Å². The van der Waals surface area contributed by atoms with Crippen LogP contribution in [-0.2, 0) is 11.3 Å². The standard InChI is InChI=1S/C20H28N4O3/c1-20(2,3)16(17(21)25)22-18(26)24-15-10-5-4-9-14(15)23(19(24)27)12-11-13-7-6-8-13/h4-5,9-10,13,16H,6-8,11-12H2,1-3H3,(H2,21,25)(H,22,26)/t16-/m1/s1. The molecule has 1 aliphatic rings. The monoisotopic (exact) mass is 372 g/mol. The highest BCUT2D eigenvalue weighted by atomic mass is 16.2. The molecule has 3 N–H and O–H groups in total. The lowest BCUT2D eigenvalue weighted by atomic mass is 9.83. The summed E-state index contributed by atoms with van der Waals surface area (Å²) in [6.45, 7) is 6.02. The first-order chi connectivity index (χ1) is 12.7. The fraction of sp³-hybridized carbons (Fsp3) is 0.550. The summed E-state index contributed by atoms with van der Waals surface area (Å²) in [4.78, 5) is 37.7. The lowest BCUT2D eigenvalue weighted by Gasteiger charge is -2.28. The van der Waals surface area contributed by atoms with E-state index in [9.17, 15) is 14.4 Å². The van der Waals surface area contributed by atoms with Crippen molar-refractivity contribution in [1.29, 1.82) is 0 Å². The highest BCUT2D eigenvalue weighted by Gasteiger charge is 2.32. The van der Waals surface area contributed by atoms with Crippen LogP contribution in [0.4, 0.5) is 4.79 Å². The van der Waals surface area contributed by atoms with Crippen molar-refractivity contribution in [1.82, 2.24) is 14.5 Å². The molecule has 1 heterocycles. The van der Waals surface area contributed by atoms with Gasteiger partial charge >= 0.3 is 11.7 Å². The molecule has 1 saturated carbocycles. The van der Waals surface area contributed by atoms with Crippen molar-refractivity contribution < 1.29 is 9.59 Å². The average Bonchev–Trinajstić information content (AvgIpc) is 2.82. The minimum atomic E-state index is -0.881. The highest BCUT2D eigenvalue weighted by Crippen LogP contribution is 2.30. The summed E-state index contributed by atoms with van der Waals surface area (Å²) >= 11 is 0. The highest BCUT2D eigenvalue weighted by molar-refractivity contribution is 5.92. The summed E-state index contributed by atoms with van der Waals surface area (Å²) in [5.74, 6) is 0.0330. The Bertz CT molecular complexity index is 915. The molecule has 0 aliphatic heterocycles. The molecule has 0 spiro atoms. The second-order valence-corrected chi connectivity index (χ2v) is 8.49. The van der Waals surface area contributed by atoms with E-state index >= 15 is 0 Å². The number of amides is 2. The van der Waals surface area contributed by atoms with Gasteiger partial charge < -0.3 is 11.1 Å². The van der Waals surface area contributed by atoms with Gasteiger partial charge in [-0.1, -0.05) is 52.2 Å². The molecule has 7 nitrogen and oxygen atoms in total. The van der Waals surface area contributed by atoms with Crippen LogP contribution in [0, 0.1) is 11.3 Å². The molecule has 1 aromatic carbocycles. The van der Waals surface area contributed by atoms with Gasteiger partial charge in [-0.3, -0.25) is 9.36 Å². The summed E-state index contributed by atoms with van der Waals surface area (Å²) in [5, 5.41) is 2.64. The van der Waals surface area contributed by atoms with E-state index in [1.54, 1.807) is 16.7 Å². The van der Waals surface area contributed by atoms with E-state index in [1.165, 1.54) is 19.3 Å². The molecule has 3 rings (SSSR count). The van der Waals surface area contributed by atoms with Gasteiger partial charge in [0.2, 0.25) is 5.91 Å². The zero-order valence-corrected chi connectivity index (χ0v) is 16.2. The van der Waals surface area contributed by atoms with Gasteiger partial charge in [0, 0.05) is 6.54 Å². The fourth-order valence-electron chi connectivity index (χ4n) is 3.62. The Morgan fingerprint density at radius 3 is 2.37 bits per heavy atom. The predicted molar refractivity (Wildman–Crippen MR) is 105 cm³/mol. The van der Waals surface area contributed by atoms with E-state index in [2.05, 4.69) is 5.32 Å². The number of nitrogens with zero attached hydrogens (tertiary/aromatic N) is 2. The van der Waals surface area contributed by atoms with Crippen LogP contribution < -0.4 is 16.7 Å². The number of benzene rings is 1. The Morgan fingerprint density at radius 1 is 1.22 bits per heavy atom. The number of imidazole rings is 1.